The Balaban J connectivity index is 0. The van der Waals surface area contributed by atoms with Crippen LogP contribution in [-0.2, 0) is 77.9 Å². The van der Waals surface area contributed by atoms with Crippen LogP contribution in [0.5, 0.6) is 0 Å². The molecule has 0 aromatic rings. The topological polar surface area (TPSA) is 0 Å². The molecule has 0 aliphatic heterocycles. The Bertz CT molecular complexity index is 15.5. The molecule has 0 aliphatic carbocycles. The van der Waals surface area contributed by atoms with E-state index in [1.54, 1.807) is 0 Å². The van der Waals surface area contributed by atoms with Gasteiger partial charge in [0.1, 0.15) is 0 Å². The van der Waals surface area contributed by atoms with Crippen molar-refractivity contribution in [3.05, 3.63) is 0 Å². The van der Waals surface area contributed by atoms with Gasteiger partial charge in [-0.05, 0) is 0 Å². The van der Waals surface area contributed by atoms with Crippen LogP contribution in [-0.4, -0.2) is 8.41 Å². The quantitative estimate of drug-likeness (QED) is 0.467. The van der Waals surface area contributed by atoms with E-state index in [0.29, 0.717) is 0 Å². The molecule has 0 rings (SSSR count). The summed E-state index contributed by atoms with van der Waals surface area (Å²) in [6, 6.07) is 0. The van der Waals surface area contributed by atoms with Crippen LogP contribution in [0.4, 0.5) is 0 Å². The summed E-state index contributed by atoms with van der Waals surface area (Å²) in [7, 11) is 0. The monoisotopic (exact) mass is 415 g/mol. The van der Waals surface area contributed by atoms with E-state index < -0.39 is 0 Å². The van der Waals surface area contributed by atoms with Gasteiger partial charge in [-0.2, -0.15) is 0 Å². The SMILES string of the molecule is B.C.[Cr].[Fe].[Nb].[W]. The molecule has 0 saturated carbocycles. The van der Waals surface area contributed by atoms with Crippen LogP contribution in [0.15, 0.2) is 0 Å². The molecule has 0 heterocycles. The van der Waals surface area contributed by atoms with Crippen LogP contribution in [0.25, 0.3) is 0 Å². The van der Waals surface area contributed by atoms with Crippen molar-refractivity contribution < 1.29 is 77.9 Å². The number of hydrogen-bond donors (Lipinski definition) is 0. The molecule has 0 aromatic heterocycles. The summed E-state index contributed by atoms with van der Waals surface area (Å²) < 4.78 is 0. The first-order valence-corrected chi connectivity index (χ1v) is 0. The maximum absolute atomic E-state index is 0. The van der Waals surface area contributed by atoms with E-state index in [1.165, 1.54) is 0 Å². The zero-order valence-electron chi connectivity index (χ0n) is 1.62. The first-order valence-electron chi connectivity index (χ1n) is 0. The third kappa shape index (κ3) is 31.1. The average Bonchev–Trinajstić information content (AvgIpc) is 0. The van der Waals surface area contributed by atoms with E-state index in [9.17, 15) is 0 Å². The van der Waals surface area contributed by atoms with E-state index in [1.807, 2.05) is 0 Å². The third-order valence-electron chi connectivity index (χ3n) is 0. The molecule has 1 radical (unpaired) electrons. The molecule has 0 fully saturated rings. The Hall–Kier alpha value is 2.55. The molecule has 0 spiro atoms. The normalized spacial score (nSPS) is 0. The molecule has 5 heteroatoms. The van der Waals surface area contributed by atoms with Gasteiger partial charge in [0.25, 0.3) is 0 Å². The summed E-state index contributed by atoms with van der Waals surface area (Å²) in [5.41, 5.74) is 0. The predicted molar refractivity (Wildman–Crippen MR) is 16.7 cm³/mol. The van der Waals surface area contributed by atoms with Gasteiger partial charge < -0.3 is 0 Å². The Kier molecular flexibility index (Phi) is 624. The van der Waals surface area contributed by atoms with Crippen molar-refractivity contribution in [2.45, 2.75) is 7.43 Å². The minimum atomic E-state index is 0. The smallest absolute Gasteiger partial charge is 0.0776 e. The Morgan fingerprint density at radius 3 is 1.00 bits per heavy atom. The van der Waals surface area contributed by atoms with Crippen LogP contribution in [0.3, 0.4) is 0 Å². The second-order valence-electron chi connectivity index (χ2n) is 0. The summed E-state index contributed by atoms with van der Waals surface area (Å²) in [5.74, 6) is 0. The molecular weight excluding hydrogens is 407 g/mol. The van der Waals surface area contributed by atoms with Crippen molar-refractivity contribution >= 4 is 8.41 Å². The molecule has 0 amide bonds. The number of rotatable bonds is 0. The molecule has 0 nitrogen and oxygen atoms in total. The fourth-order valence-electron chi connectivity index (χ4n) is 0. The summed E-state index contributed by atoms with van der Waals surface area (Å²) in [5, 5.41) is 0. The largest absolute Gasteiger partial charge is 0.0814 e. The second-order valence-corrected chi connectivity index (χ2v) is 0. The Morgan fingerprint density at radius 2 is 1.00 bits per heavy atom. The fraction of sp³-hybridized carbons (Fsp3) is 1.00. The molecule has 0 aromatic carbocycles. The zero-order valence-corrected chi connectivity index (χ0v) is 9.13. The molecule has 0 saturated heterocycles. The van der Waals surface area contributed by atoms with Gasteiger partial charge in [0.15, 0.2) is 0 Å². The van der Waals surface area contributed by atoms with Crippen molar-refractivity contribution in [2.24, 2.45) is 0 Å². The second kappa shape index (κ2) is 49.9. The predicted octanol–water partition coefficient (Wildman–Crippen LogP) is -0.558. The van der Waals surface area contributed by atoms with Gasteiger partial charge in [-0.3, -0.25) is 0 Å². The zero-order chi connectivity index (χ0) is 0. The van der Waals surface area contributed by atoms with Gasteiger partial charge in [0.05, 0.1) is 8.41 Å². The molecule has 39 valence electrons. The van der Waals surface area contributed by atoms with Crippen LogP contribution >= 0.6 is 0 Å². The van der Waals surface area contributed by atoms with Crippen LogP contribution in [0, 0.1) is 0 Å². The molecule has 0 atom stereocenters. The molecule has 0 N–H and O–H groups in total. The standard InChI is InChI=1S/CH4.BH3.Cr.Fe.Nb.W/h1H4;1H3;;;;. The van der Waals surface area contributed by atoms with Crippen LogP contribution in [0.2, 0.25) is 0 Å². The molecule has 0 unspecified atom stereocenters. The first-order chi connectivity index (χ1) is 0. The third-order valence-corrected chi connectivity index (χ3v) is 0. The van der Waals surface area contributed by atoms with Gasteiger partial charge in [0.2, 0.25) is 0 Å². The van der Waals surface area contributed by atoms with E-state index >= 15 is 0 Å². The van der Waals surface area contributed by atoms with E-state index in [-0.39, 0.29) is 93.7 Å². The maximum atomic E-state index is 0. The van der Waals surface area contributed by atoms with E-state index in [4.69, 9.17) is 0 Å². The Morgan fingerprint density at radius 1 is 1.00 bits per heavy atom. The van der Waals surface area contributed by atoms with Gasteiger partial charge in [0, 0.05) is 77.9 Å². The fourth-order valence-corrected chi connectivity index (χ4v) is 0. The van der Waals surface area contributed by atoms with Crippen LogP contribution in [0.1, 0.15) is 7.43 Å². The molecule has 0 aliphatic rings. The van der Waals surface area contributed by atoms with Gasteiger partial charge in [-0.15, -0.1) is 0 Å². The van der Waals surface area contributed by atoms with Crippen molar-refractivity contribution in [3.8, 4) is 0 Å². The number of hydrogen-bond acceptors (Lipinski definition) is 0. The summed E-state index contributed by atoms with van der Waals surface area (Å²) in [4.78, 5) is 0. The van der Waals surface area contributed by atoms with Crippen molar-refractivity contribution in [1.82, 2.24) is 0 Å². The van der Waals surface area contributed by atoms with Gasteiger partial charge in [-0.1, -0.05) is 7.43 Å². The molecule has 0 bridgehead atoms. The summed E-state index contributed by atoms with van der Waals surface area (Å²) in [6.45, 7) is 0. The first kappa shape index (κ1) is 75.1. The van der Waals surface area contributed by atoms with E-state index in [0.717, 1.165) is 0 Å². The van der Waals surface area contributed by atoms with Crippen molar-refractivity contribution in [3.63, 3.8) is 0 Å². The van der Waals surface area contributed by atoms with E-state index in [2.05, 4.69) is 0 Å². The minimum Gasteiger partial charge on any atom is -0.0776 e. The minimum absolute atomic E-state index is 0. The van der Waals surface area contributed by atoms with Crippen molar-refractivity contribution in [2.75, 3.05) is 0 Å². The van der Waals surface area contributed by atoms with Crippen LogP contribution < -0.4 is 0 Å². The van der Waals surface area contributed by atoms with Gasteiger partial charge >= 0.3 is 0 Å². The summed E-state index contributed by atoms with van der Waals surface area (Å²) in [6.07, 6.45) is 0. The molecule has 6 heavy (non-hydrogen) atoms. The van der Waals surface area contributed by atoms with Gasteiger partial charge in [-0.25, -0.2) is 0 Å². The van der Waals surface area contributed by atoms with Crippen molar-refractivity contribution in [1.29, 1.82) is 0 Å². The molecular formula is CH7BCrFeNbW. The Labute approximate surface area is 92.6 Å². The maximum Gasteiger partial charge on any atom is 0.0814 e. The summed E-state index contributed by atoms with van der Waals surface area (Å²) >= 11 is 0. The average molecular weight is 414 g/mol.